The Morgan fingerprint density at radius 3 is 1.40 bits per heavy atom. The van der Waals surface area contributed by atoms with Crippen molar-refractivity contribution in [3.63, 3.8) is 0 Å². The van der Waals surface area contributed by atoms with E-state index in [4.69, 9.17) is 10.5 Å². The van der Waals surface area contributed by atoms with Crippen LogP contribution in [0.2, 0.25) is 0 Å². The van der Waals surface area contributed by atoms with Crippen molar-refractivity contribution in [2.75, 3.05) is 0 Å². The molecule has 3 heteroatoms. The standard InChI is InChI=1S/C17H14N2O/c1-12(20)17(15-6-2-13(10-18)3-7-15)16-8-4-14(11-19)5-9-16/h2-9,12,17,20H,1H3/t12-/m0/s1. The van der Waals surface area contributed by atoms with Gasteiger partial charge in [-0.1, -0.05) is 24.3 Å². The van der Waals surface area contributed by atoms with E-state index in [1.807, 2.05) is 24.3 Å². The highest BCUT2D eigenvalue weighted by Crippen LogP contribution is 2.28. The monoisotopic (exact) mass is 262 g/mol. The first kappa shape index (κ1) is 13.8. The van der Waals surface area contributed by atoms with E-state index in [1.54, 1.807) is 31.2 Å². The first-order valence-electron chi connectivity index (χ1n) is 6.34. The van der Waals surface area contributed by atoms with Crippen LogP contribution in [0.15, 0.2) is 48.5 Å². The summed E-state index contributed by atoms with van der Waals surface area (Å²) in [4.78, 5) is 0. The van der Waals surface area contributed by atoms with Crippen molar-refractivity contribution in [2.24, 2.45) is 0 Å². The summed E-state index contributed by atoms with van der Waals surface area (Å²) in [5, 5.41) is 27.7. The van der Waals surface area contributed by atoms with Gasteiger partial charge in [0.05, 0.1) is 29.4 Å². The molecular formula is C17H14N2O. The molecule has 1 atom stereocenters. The van der Waals surface area contributed by atoms with Gasteiger partial charge in [-0.25, -0.2) is 0 Å². The minimum atomic E-state index is -0.559. The Morgan fingerprint density at radius 2 is 1.15 bits per heavy atom. The molecular weight excluding hydrogens is 248 g/mol. The number of aliphatic hydroxyl groups excluding tert-OH is 1. The van der Waals surface area contributed by atoms with Gasteiger partial charge in [-0.05, 0) is 42.3 Å². The van der Waals surface area contributed by atoms with Gasteiger partial charge < -0.3 is 5.11 Å². The molecule has 0 aliphatic heterocycles. The van der Waals surface area contributed by atoms with E-state index >= 15 is 0 Å². The Bertz CT molecular complexity index is 601. The molecule has 98 valence electrons. The molecule has 2 aromatic carbocycles. The van der Waals surface area contributed by atoms with Crippen LogP contribution in [0.25, 0.3) is 0 Å². The molecule has 0 aliphatic rings. The number of benzene rings is 2. The topological polar surface area (TPSA) is 67.8 Å². The lowest BCUT2D eigenvalue weighted by Gasteiger charge is -2.21. The highest BCUT2D eigenvalue weighted by Gasteiger charge is 2.19. The van der Waals surface area contributed by atoms with Crippen molar-refractivity contribution < 1.29 is 5.11 Å². The molecule has 20 heavy (non-hydrogen) atoms. The van der Waals surface area contributed by atoms with Crippen LogP contribution in [0.5, 0.6) is 0 Å². The highest BCUT2D eigenvalue weighted by atomic mass is 16.3. The van der Waals surface area contributed by atoms with Crippen molar-refractivity contribution in [2.45, 2.75) is 18.9 Å². The van der Waals surface area contributed by atoms with Crippen LogP contribution < -0.4 is 0 Å². The molecule has 0 saturated heterocycles. The van der Waals surface area contributed by atoms with Crippen LogP contribution in [-0.2, 0) is 0 Å². The van der Waals surface area contributed by atoms with E-state index in [9.17, 15) is 5.11 Å². The van der Waals surface area contributed by atoms with E-state index < -0.39 is 6.10 Å². The van der Waals surface area contributed by atoms with E-state index in [-0.39, 0.29) is 5.92 Å². The molecule has 0 fully saturated rings. The fourth-order valence-electron chi connectivity index (χ4n) is 2.28. The summed E-state index contributed by atoms with van der Waals surface area (Å²) in [6, 6.07) is 18.6. The van der Waals surface area contributed by atoms with Gasteiger partial charge in [0, 0.05) is 5.92 Å². The zero-order chi connectivity index (χ0) is 14.5. The lowest BCUT2D eigenvalue weighted by Crippen LogP contribution is -2.16. The van der Waals surface area contributed by atoms with Crippen molar-refractivity contribution in [1.29, 1.82) is 10.5 Å². The largest absolute Gasteiger partial charge is 0.392 e. The van der Waals surface area contributed by atoms with Crippen LogP contribution in [0.4, 0.5) is 0 Å². The minimum Gasteiger partial charge on any atom is -0.392 e. The Morgan fingerprint density at radius 1 is 0.800 bits per heavy atom. The van der Waals surface area contributed by atoms with E-state index in [0.717, 1.165) is 11.1 Å². The number of nitriles is 2. The van der Waals surface area contributed by atoms with Crippen molar-refractivity contribution in [3.8, 4) is 12.1 Å². The molecule has 1 N–H and O–H groups in total. The quantitative estimate of drug-likeness (QED) is 0.924. The first-order chi connectivity index (χ1) is 9.65. The molecule has 2 aromatic rings. The molecule has 0 unspecified atom stereocenters. The molecule has 0 bridgehead atoms. The summed E-state index contributed by atoms with van der Waals surface area (Å²) >= 11 is 0. The van der Waals surface area contributed by atoms with Gasteiger partial charge in [-0.15, -0.1) is 0 Å². The normalized spacial score (nSPS) is 11.7. The van der Waals surface area contributed by atoms with Crippen LogP contribution >= 0.6 is 0 Å². The van der Waals surface area contributed by atoms with Gasteiger partial charge in [0.25, 0.3) is 0 Å². The second-order valence-corrected chi connectivity index (χ2v) is 4.69. The molecule has 0 heterocycles. The Labute approximate surface area is 118 Å². The van der Waals surface area contributed by atoms with E-state index in [0.29, 0.717) is 11.1 Å². The molecule has 0 radical (unpaired) electrons. The molecule has 0 aromatic heterocycles. The maximum Gasteiger partial charge on any atom is 0.0991 e. The zero-order valence-corrected chi connectivity index (χ0v) is 11.1. The number of aliphatic hydroxyl groups is 1. The summed E-state index contributed by atoms with van der Waals surface area (Å²) in [5.74, 6) is -0.171. The van der Waals surface area contributed by atoms with Crippen LogP contribution in [-0.4, -0.2) is 11.2 Å². The Hall–Kier alpha value is -2.62. The van der Waals surface area contributed by atoms with Crippen molar-refractivity contribution in [3.05, 3.63) is 70.8 Å². The summed E-state index contributed by atoms with van der Waals surface area (Å²) < 4.78 is 0. The fourth-order valence-corrected chi connectivity index (χ4v) is 2.28. The van der Waals surface area contributed by atoms with Crippen LogP contribution in [0, 0.1) is 22.7 Å². The Balaban J connectivity index is 2.39. The Kier molecular flexibility index (Phi) is 4.15. The third-order valence-corrected chi connectivity index (χ3v) is 3.28. The van der Waals surface area contributed by atoms with Crippen molar-refractivity contribution >= 4 is 0 Å². The predicted molar refractivity (Wildman–Crippen MR) is 75.8 cm³/mol. The van der Waals surface area contributed by atoms with Gasteiger partial charge in [-0.3, -0.25) is 0 Å². The summed E-state index contributed by atoms with van der Waals surface area (Å²) in [6.45, 7) is 1.74. The van der Waals surface area contributed by atoms with E-state index in [2.05, 4.69) is 12.1 Å². The fraction of sp³-hybridized carbons (Fsp3) is 0.176. The van der Waals surface area contributed by atoms with Crippen molar-refractivity contribution in [1.82, 2.24) is 0 Å². The summed E-state index contributed by atoms with van der Waals surface area (Å²) in [6.07, 6.45) is -0.559. The SMILES string of the molecule is C[C@H](O)C(c1ccc(C#N)cc1)c1ccc(C#N)cc1. The smallest absolute Gasteiger partial charge is 0.0991 e. The third kappa shape index (κ3) is 2.85. The zero-order valence-electron chi connectivity index (χ0n) is 11.1. The minimum absolute atomic E-state index is 0.171. The average Bonchev–Trinajstić information content (AvgIpc) is 2.48. The van der Waals surface area contributed by atoms with Gasteiger partial charge >= 0.3 is 0 Å². The summed E-state index contributed by atoms with van der Waals surface area (Å²) in [7, 11) is 0. The maximum atomic E-state index is 10.0. The second kappa shape index (κ2) is 6.02. The average molecular weight is 262 g/mol. The lowest BCUT2D eigenvalue weighted by molar-refractivity contribution is 0.176. The molecule has 0 spiro atoms. The lowest BCUT2D eigenvalue weighted by atomic mass is 9.86. The highest BCUT2D eigenvalue weighted by molar-refractivity contribution is 5.40. The van der Waals surface area contributed by atoms with Gasteiger partial charge in [0.1, 0.15) is 0 Å². The number of rotatable bonds is 3. The molecule has 0 amide bonds. The second-order valence-electron chi connectivity index (χ2n) is 4.69. The number of hydrogen-bond donors (Lipinski definition) is 1. The van der Waals surface area contributed by atoms with E-state index in [1.165, 1.54) is 0 Å². The maximum absolute atomic E-state index is 10.0. The van der Waals surface area contributed by atoms with Gasteiger partial charge in [-0.2, -0.15) is 10.5 Å². The molecule has 0 aliphatic carbocycles. The van der Waals surface area contributed by atoms with Crippen LogP contribution in [0.1, 0.15) is 35.1 Å². The third-order valence-electron chi connectivity index (χ3n) is 3.28. The van der Waals surface area contributed by atoms with Gasteiger partial charge in [0.15, 0.2) is 0 Å². The molecule has 2 rings (SSSR count). The predicted octanol–water partition coefficient (Wildman–Crippen LogP) is 2.94. The van der Waals surface area contributed by atoms with Crippen LogP contribution in [0.3, 0.4) is 0 Å². The molecule has 0 saturated carbocycles. The number of nitrogens with zero attached hydrogens (tertiary/aromatic N) is 2. The first-order valence-corrected chi connectivity index (χ1v) is 6.34. The molecule has 3 nitrogen and oxygen atoms in total. The summed E-state index contributed by atoms with van der Waals surface area (Å²) in [5.41, 5.74) is 3.09. The number of hydrogen-bond acceptors (Lipinski definition) is 3. The van der Waals surface area contributed by atoms with Gasteiger partial charge in [0.2, 0.25) is 0 Å².